The van der Waals surface area contributed by atoms with Crippen LogP contribution in [0.1, 0.15) is 66.7 Å². The van der Waals surface area contributed by atoms with Gasteiger partial charge in [0, 0.05) is 13.2 Å². The molecule has 0 saturated heterocycles. The van der Waals surface area contributed by atoms with Crippen LogP contribution in [0.3, 0.4) is 0 Å². The minimum atomic E-state index is -1.00. The van der Waals surface area contributed by atoms with Gasteiger partial charge < -0.3 is 20.3 Å². The van der Waals surface area contributed by atoms with Crippen molar-refractivity contribution in [3.05, 3.63) is 0 Å². The van der Waals surface area contributed by atoms with Crippen molar-refractivity contribution in [1.29, 1.82) is 0 Å². The minimum Gasteiger partial charge on any atom is -0.481 e. The number of carboxylic acids is 1. The number of alkyl carbamates (subject to hydrolysis) is 1. The molecule has 0 rings (SSSR count). The smallest absolute Gasteiger partial charge is 0.407 e. The Balaban J connectivity index is 4.73. The van der Waals surface area contributed by atoms with Gasteiger partial charge in [0.05, 0.1) is 5.41 Å². The summed E-state index contributed by atoms with van der Waals surface area (Å²) < 4.78 is 5.18. The molecule has 0 aromatic rings. The Hall–Kier alpha value is -1.30. The maximum Gasteiger partial charge on any atom is 0.407 e. The quantitative estimate of drug-likeness (QED) is 0.534. The first-order valence-corrected chi connectivity index (χ1v) is 8.36. The van der Waals surface area contributed by atoms with Crippen LogP contribution >= 0.6 is 0 Å². The fourth-order valence-electron chi connectivity index (χ4n) is 2.46. The van der Waals surface area contributed by atoms with E-state index in [9.17, 15) is 14.7 Å². The Kier molecular flexibility index (Phi) is 9.20. The van der Waals surface area contributed by atoms with Gasteiger partial charge in [-0.25, -0.2) is 4.79 Å². The molecule has 3 N–H and O–H groups in total. The van der Waals surface area contributed by atoms with Gasteiger partial charge >= 0.3 is 12.1 Å². The minimum absolute atomic E-state index is 0.0505. The fourth-order valence-corrected chi connectivity index (χ4v) is 2.46. The molecule has 1 amide bonds. The fraction of sp³-hybridized carbons (Fsp3) is 0.882. The maximum absolute atomic E-state index is 11.8. The average molecular weight is 331 g/mol. The van der Waals surface area contributed by atoms with Crippen molar-refractivity contribution in [1.82, 2.24) is 5.32 Å². The number of carbonyl (C=O) groups excluding carboxylic acids is 1. The van der Waals surface area contributed by atoms with Crippen LogP contribution in [-0.2, 0) is 9.53 Å². The number of aliphatic carboxylic acids is 1. The summed E-state index contributed by atoms with van der Waals surface area (Å²) in [6, 6.07) is 0. The topological polar surface area (TPSA) is 95.9 Å². The first-order chi connectivity index (χ1) is 10.5. The second-order valence-electron chi connectivity index (χ2n) is 7.36. The average Bonchev–Trinajstić information content (AvgIpc) is 2.39. The highest BCUT2D eigenvalue weighted by molar-refractivity contribution is 5.76. The molecule has 0 aliphatic rings. The molecule has 0 radical (unpaired) electrons. The number of carbonyl (C=O) groups is 2. The summed E-state index contributed by atoms with van der Waals surface area (Å²) in [5.74, 6) is -1.02. The van der Waals surface area contributed by atoms with E-state index in [1.165, 1.54) is 0 Å². The Bertz CT molecular complexity index is 376. The van der Waals surface area contributed by atoms with Crippen molar-refractivity contribution >= 4 is 12.1 Å². The number of amides is 1. The third kappa shape index (κ3) is 8.21. The summed E-state index contributed by atoms with van der Waals surface area (Å²) >= 11 is 0. The van der Waals surface area contributed by atoms with E-state index < -0.39 is 23.1 Å². The van der Waals surface area contributed by atoms with Crippen LogP contribution in [0.2, 0.25) is 0 Å². The lowest BCUT2D eigenvalue weighted by molar-refractivity contribution is -0.152. The van der Waals surface area contributed by atoms with Gasteiger partial charge in [-0.15, -0.1) is 0 Å². The number of hydrogen-bond donors (Lipinski definition) is 3. The summed E-state index contributed by atoms with van der Waals surface area (Å²) in [6.45, 7) is 9.22. The molecule has 1 unspecified atom stereocenters. The lowest BCUT2D eigenvalue weighted by atomic mass is 9.73. The van der Waals surface area contributed by atoms with Crippen LogP contribution in [0.25, 0.3) is 0 Å². The van der Waals surface area contributed by atoms with Crippen LogP contribution < -0.4 is 5.32 Å². The predicted octanol–water partition coefficient (Wildman–Crippen LogP) is 3.18. The van der Waals surface area contributed by atoms with Crippen LogP contribution in [0.5, 0.6) is 0 Å². The molecule has 23 heavy (non-hydrogen) atoms. The van der Waals surface area contributed by atoms with Gasteiger partial charge in [0.25, 0.3) is 0 Å². The zero-order valence-corrected chi connectivity index (χ0v) is 15.1. The normalized spacial score (nSPS) is 14.4. The Labute approximate surface area is 139 Å². The monoisotopic (exact) mass is 331 g/mol. The van der Waals surface area contributed by atoms with Gasteiger partial charge in [-0.2, -0.15) is 0 Å². The zero-order chi connectivity index (χ0) is 18.1. The Morgan fingerprint density at radius 3 is 2.09 bits per heavy atom. The van der Waals surface area contributed by atoms with E-state index in [2.05, 4.69) is 5.32 Å². The van der Waals surface area contributed by atoms with Gasteiger partial charge in [-0.1, -0.05) is 33.1 Å². The van der Waals surface area contributed by atoms with E-state index >= 15 is 0 Å². The van der Waals surface area contributed by atoms with Gasteiger partial charge in [0.15, 0.2) is 0 Å². The molecule has 6 nitrogen and oxygen atoms in total. The van der Waals surface area contributed by atoms with Crippen LogP contribution in [0.4, 0.5) is 4.79 Å². The van der Waals surface area contributed by atoms with Gasteiger partial charge in [0.1, 0.15) is 5.60 Å². The van der Waals surface area contributed by atoms with E-state index in [4.69, 9.17) is 9.84 Å². The molecule has 0 fully saturated rings. The highest BCUT2D eigenvalue weighted by Crippen LogP contribution is 2.34. The number of carboxylic acid groups (broad SMARTS) is 1. The largest absolute Gasteiger partial charge is 0.481 e. The predicted molar refractivity (Wildman–Crippen MR) is 89.3 cm³/mol. The van der Waals surface area contributed by atoms with E-state index in [1.54, 1.807) is 20.8 Å². The van der Waals surface area contributed by atoms with Crippen molar-refractivity contribution in [2.75, 3.05) is 13.2 Å². The number of aliphatic hydroxyl groups is 1. The number of rotatable bonds is 10. The standard InChI is InChI=1S/C17H33NO5/c1-13(2)17(14(20)21,10-8-6-7-9-11-19)12-18-15(22)23-16(3,4)5/h13,19H,6-12H2,1-5H3,(H,18,22)(H,20,21). The molecule has 1 atom stereocenters. The molecule has 0 aromatic carbocycles. The van der Waals surface area contributed by atoms with Crippen molar-refractivity contribution in [2.45, 2.75) is 72.3 Å². The molecule has 0 aromatic heterocycles. The van der Waals surface area contributed by atoms with Crippen molar-refractivity contribution in [3.8, 4) is 0 Å². The highest BCUT2D eigenvalue weighted by atomic mass is 16.6. The van der Waals surface area contributed by atoms with E-state index in [0.717, 1.165) is 25.7 Å². The lowest BCUT2D eigenvalue weighted by Crippen LogP contribution is -2.47. The van der Waals surface area contributed by atoms with Crippen LogP contribution in [0, 0.1) is 11.3 Å². The van der Waals surface area contributed by atoms with E-state index in [1.807, 2.05) is 13.8 Å². The second-order valence-corrected chi connectivity index (χ2v) is 7.36. The molecule has 0 spiro atoms. The van der Waals surface area contributed by atoms with Crippen molar-refractivity contribution in [2.24, 2.45) is 11.3 Å². The number of unbranched alkanes of at least 4 members (excludes halogenated alkanes) is 3. The second kappa shape index (κ2) is 9.75. The summed E-state index contributed by atoms with van der Waals surface area (Å²) in [5.41, 5.74) is -1.62. The maximum atomic E-state index is 11.8. The SMILES string of the molecule is CC(C)C(CCCCCCO)(CNC(=O)OC(C)(C)C)C(=O)O. The number of nitrogens with one attached hydrogen (secondary N) is 1. The molecular weight excluding hydrogens is 298 g/mol. The molecule has 6 heteroatoms. The van der Waals surface area contributed by atoms with Gasteiger partial charge in [0.2, 0.25) is 0 Å². The van der Waals surface area contributed by atoms with Gasteiger partial charge in [-0.3, -0.25) is 4.79 Å². The zero-order valence-electron chi connectivity index (χ0n) is 15.1. The number of ether oxygens (including phenoxy) is 1. The third-order valence-corrected chi connectivity index (χ3v) is 4.01. The first kappa shape index (κ1) is 21.7. The third-order valence-electron chi connectivity index (χ3n) is 4.01. The van der Waals surface area contributed by atoms with Crippen molar-refractivity contribution < 1.29 is 24.5 Å². The Morgan fingerprint density at radius 2 is 1.65 bits per heavy atom. The van der Waals surface area contributed by atoms with Gasteiger partial charge in [-0.05, 0) is 39.5 Å². The molecule has 136 valence electrons. The summed E-state index contributed by atoms with van der Waals surface area (Å²) in [5, 5.41) is 21.1. The molecular formula is C17H33NO5. The summed E-state index contributed by atoms with van der Waals surface area (Å²) in [6.07, 6.45) is 3.13. The molecule has 0 bridgehead atoms. The first-order valence-electron chi connectivity index (χ1n) is 8.36. The summed E-state index contributed by atoms with van der Waals surface area (Å²) in [4.78, 5) is 23.7. The molecule has 0 aliphatic heterocycles. The van der Waals surface area contributed by atoms with Crippen LogP contribution in [-0.4, -0.2) is 41.0 Å². The lowest BCUT2D eigenvalue weighted by Gasteiger charge is -2.34. The Morgan fingerprint density at radius 1 is 1.09 bits per heavy atom. The number of hydrogen-bond acceptors (Lipinski definition) is 4. The highest BCUT2D eigenvalue weighted by Gasteiger charge is 2.41. The van der Waals surface area contributed by atoms with Crippen molar-refractivity contribution in [3.63, 3.8) is 0 Å². The number of aliphatic hydroxyl groups excluding tert-OH is 1. The van der Waals surface area contributed by atoms with E-state index in [0.29, 0.717) is 6.42 Å². The molecule has 0 saturated carbocycles. The molecule has 0 heterocycles. The van der Waals surface area contributed by atoms with Crippen LogP contribution in [0.15, 0.2) is 0 Å². The van der Waals surface area contributed by atoms with E-state index in [-0.39, 0.29) is 19.1 Å². The molecule has 0 aliphatic carbocycles. The summed E-state index contributed by atoms with van der Waals surface area (Å²) in [7, 11) is 0.